The molecular weight excluding hydrogens is 264 g/mol. The topological polar surface area (TPSA) is 55.6 Å². The first-order valence-corrected chi connectivity index (χ1v) is 6.46. The summed E-state index contributed by atoms with van der Waals surface area (Å²) in [4.78, 5) is 0. The molecule has 0 aliphatic carbocycles. The molecule has 0 saturated carbocycles. The molecule has 0 atom stereocenters. The Bertz CT molecular complexity index is 568. The van der Waals surface area contributed by atoms with Crippen LogP contribution in [0.5, 0.6) is 0 Å². The van der Waals surface area contributed by atoms with Crippen LogP contribution in [0.1, 0.15) is 25.2 Å². The summed E-state index contributed by atoms with van der Waals surface area (Å²) in [6, 6.07) is 3.48. The van der Waals surface area contributed by atoms with Gasteiger partial charge in [0.15, 0.2) is 5.82 Å². The van der Waals surface area contributed by atoms with E-state index < -0.39 is 11.6 Å². The Labute approximate surface area is 116 Å². The van der Waals surface area contributed by atoms with E-state index in [9.17, 15) is 8.78 Å². The van der Waals surface area contributed by atoms with Gasteiger partial charge in [-0.15, -0.1) is 5.10 Å². The Morgan fingerprint density at radius 1 is 1.30 bits per heavy atom. The first-order chi connectivity index (χ1) is 9.56. The molecule has 0 radical (unpaired) electrons. The Morgan fingerprint density at radius 3 is 2.80 bits per heavy atom. The molecule has 0 aliphatic rings. The van der Waals surface area contributed by atoms with Crippen molar-refractivity contribution in [3.8, 4) is 0 Å². The van der Waals surface area contributed by atoms with Crippen LogP contribution in [0.4, 0.5) is 8.78 Å². The van der Waals surface area contributed by atoms with E-state index >= 15 is 0 Å². The van der Waals surface area contributed by atoms with Crippen molar-refractivity contribution in [2.45, 2.75) is 26.9 Å². The maximum absolute atomic E-state index is 13.6. The minimum Gasteiger partial charge on any atom is -0.310 e. The summed E-state index contributed by atoms with van der Waals surface area (Å²) in [5.74, 6) is -0.0494. The second kappa shape index (κ2) is 6.51. The number of hydrogen-bond donors (Lipinski definition) is 1. The summed E-state index contributed by atoms with van der Waals surface area (Å²) in [5, 5.41) is 14.5. The summed E-state index contributed by atoms with van der Waals surface area (Å²) < 4.78 is 27.9. The molecule has 0 fully saturated rings. The predicted molar refractivity (Wildman–Crippen MR) is 69.8 cm³/mol. The van der Waals surface area contributed by atoms with Gasteiger partial charge in [0.25, 0.3) is 0 Å². The quantitative estimate of drug-likeness (QED) is 0.876. The number of nitrogens with one attached hydrogen (secondary N) is 1. The molecule has 1 aromatic heterocycles. The van der Waals surface area contributed by atoms with Crippen molar-refractivity contribution in [2.24, 2.45) is 5.92 Å². The highest BCUT2D eigenvalue weighted by molar-refractivity contribution is 5.18. The highest BCUT2D eigenvalue weighted by Gasteiger charge is 2.10. The van der Waals surface area contributed by atoms with Gasteiger partial charge in [0, 0.05) is 11.6 Å². The van der Waals surface area contributed by atoms with E-state index in [-0.39, 0.29) is 6.54 Å². The SMILES string of the molecule is CC(C)CNCc1nnnn1Cc1ccc(F)cc1F. The van der Waals surface area contributed by atoms with Crippen molar-refractivity contribution in [1.82, 2.24) is 25.5 Å². The van der Waals surface area contributed by atoms with Crippen molar-refractivity contribution in [2.75, 3.05) is 6.54 Å². The van der Waals surface area contributed by atoms with Gasteiger partial charge in [-0.05, 0) is 29.0 Å². The molecule has 1 heterocycles. The van der Waals surface area contributed by atoms with Gasteiger partial charge in [0.2, 0.25) is 0 Å². The Balaban J connectivity index is 2.04. The van der Waals surface area contributed by atoms with Gasteiger partial charge in [-0.3, -0.25) is 0 Å². The smallest absolute Gasteiger partial charge is 0.165 e. The molecule has 0 saturated heterocycles. The van der Waals surface area contributed by atoms with Crippen molar-refractivity contribution in [3.63, 3.8) is 0 Å². The zero-order valence-electron chi connectivity index (χ0n) is 11.5. The van der Waals surface area contributed by atoms with Crippen LogP contribution in [-0.4, -0.2) is 26.8 Å². The second-order valence-electron chi connectivity index (χ2n) is 5.01. The number of tetrazole rings is 1. The summed E-state index contributed by atoms with van der Waals surface area (Å²) in [6.45, 7) is 5.73. The van der Waals surface area contributed by atoms with Gasteiger partial charge in [0.1, 0.15) is 11.6 Å². The molecule has 0 unspecified atom stereocenters. The lowest BCUT2D eigenvalue weighted by Crippen LogP contribution is -2.22. The number of benzene rings is 1. The highest BCUT2D eigenvalue weighted by atomic mass is 19.1. The summed E-state index contributed by atoms with van der Waals surface area (Å²) in [7, 11) is 0. The third-order valence-electron chi connectivity index (χ3n) is 2.78. The van der Waals surface area contributed by atoms with Crippen LogP contribution < -0.4 is 5.32 Å². The summed E-state index contributed by atoms with van der Waals surface area (Å²) >= 11 is 0. The number of halogens is 2. The zero-order chi connectivity index (χ0) is 14.5. The molecule has 20 heavy (non-hydrogen) atoms. The number of nitrogens with zero attached hydrogens (tertiary/aromatic N) is 4. The molecule has 7 heteroatoms. The van der Waals surface area contributed by atoms with Crippen LogP contribution in [0.25, 0.3) is 0 Å². The van der Waals surface area contributed by atoms with Gasteiger partial charge >= 0.3 is 0 Å². The Hall–Kier alpha value is -1.89. The minimum absolute atomic E-state index is 0.178. The van der Waals surface area contributed by atoms with E-state index in [0.717, 1.165) is 12.6 Å². The van der Waals surface area contributed by atoms with Gasteiger partial charge in [0.05, 0.1) is 13.1 Å². The Morgan fingerprint density at radius 2 is 2.10 bits per heavy atom. The third-order valence-corrected chi connectivity index (χ3v) is 2.78. The fraction of sp³-hybridized carbons (Fsp3) is 0.462. The van der Waals surface area contributed by atoms with Crippen LogP contribution in [0.2, 0.25) is 0 Å². The van der Waals surface area contributed by atoms with Crippen molar-refractivity contribution in [1.29, 1.82) is 0 Å². The summed E-state index contributed by atoms with van der Waals surface area (Å²) in [5.41, 5.74) is 0.351. The van der Waals surface area contributed by atoms with Gasteiger partial charge in [-0.25, -0.2) is 13.5 Å². The van der Waals surface area contributed by atoms with E-state index in [4.69, 9.17) is 0 Å². The summed E-state index contributed by atoms with van der Waals surface area (Å²) in [6.07, 6.45) is 0. The maximum Gasteiger partial charge on any atom is 0.165 e. The van der Waals surface area contributed by atoms with E-state index in [1.165, 1.54) is 16.8 Å². The van der Waals surface area contributed by atoms with Crippen LogP contribution >= 0.6 is 0 Å². The maximum atomic E-state index is 13.6. The highest BCUT2D eigenvalue weighted by Crippen LogP contribution is 2.11. The van der Waals surface area contributed by atoms with Crippen LogP contribution in [0.15, 0.2) is 18.2 Å². The fourth-order valence-corrected chi connectivity index (χ4v) is 1.76. The largest absolute Gasteiger partial charge is 0.310 e. The predicted octanol–water partition coefficient (Wildman–Crippen LogP) is 1.75. The van der Waals surface area contributed by atoms with Crippen LogP contribution in [0.3, 0.4) is 0 Å². The fourth-order valence-electron chi connectivity index (χ4n) is 1.76. The first kappa shape index (κ1) is 14.5. The van der Waals surface area contributed by atoms with Gasteiger partial charge in [-0.1, -0.05) is 19.9 Å². The first-order valence-electron chi connectivity index (χ1n) is 6.46. The molecule has 0 aliphatic heterocycles. The molecule has 2 rings (SSSR count). The van der Waals surface area contributed by atoms with Crippen molar-refractivity contribution < 1.29 is 8.78 Å². The van der Waals surface area contributed by atoms with Gasteiger partial charge in [-0.2, -0.15) is 0 Å². The lowest BCUT2D eigenvalue weighted by Gasteiger charge is -2.08. The number of hydrogen-bond acceptors (Lipinski definition) is 4. The molecule has 1 N–H and O–H groups in total. The van der Waals surface area contributed by atoms with Gasteiger partial charge < -0.3 is 5.32 Å². The zero-order valence-corrected chi connectivity index (χ0v) is 11.5. The van der Waals surface area contributed by atoms with E-state index in [1.807, 2.05) is 0 Å². The number of aromatic nitrogens is 4. The number of rotatable bonds is 6. The molecular formula is C13H17F2N5. The molecule has 0 bridgehead atoms. The van der Waals surface area contributed by atoms with Crippen molar-refractivity contribution >= 4 is 0 Å². The molecule has 108 valence electrons. The van der Waals surface area contributed by atoms with Crippen LogP contribution in [0, 0.1) is 17.6 Å². The van der Waals surface area contributed by atoms with Crippen molar-refractivity contribution in [3.05, 3.63) is 41.2 Å². The molecule has 2 aromatic rings. The van der Waals surface area contributed by atoms with E-state index in [1.54, 1.807) is 0 Å². The molecule has 0 spiro atoms. The van der Waals surface area contributed by atoms with Crippen LogP contribution in [-0.2, 0) is 13.1 Å². The monoisotopic (exact) mass is 281 g/mol. The lowest BCUT2D eigenvalue weighted by atomic mass is 10.2. The standard InChI is InChI=1S/C13H17F2N5/c1-9(2)6-16-7-13-17-18-19-20(13)8-10-3-4-11(14)5-12(10)15/h3-5,9,16H,6-8H2,1-2H3. The molecule has 0 amide bonds. The average Bonchev–Trinajstić information content (AvgIpc) is 2.80. The normalized spacial score (nSPS) is 11.2. The van der Waals surface area contributed by atoms with E-state index in [0.29, 0.717) is 23.9 Å². The second-order valence-corrected chi connectivity index (χ2v) is 5.01. The molecule has 5 nitrogen and oxygen atoms in total. The van der Waals surface area contributed by atoms with E-state index in [2.05, 4.69) is 34.7 Å². The Kier molecular flexibility index (Phi) is 4.73. The lowest BCUT2D eigenvalue weighted by molar-refractivity contribution is 0.514. The third kappa shape index (κ3) is 3.80. The minimum atomic E-state index is -0.596. The average molecular weight is 281 g/mol. The molecule has 1 aromatic carbocycles.